The van der Waals surface area contributed by atoms with Crippen LogP contribution in [0.25, 0.3) is 0 Å². The second-order valence-electron chi connectivity index (χ2n) is 3.34. The third kappa shape index (κ3) is 7.12. The Morgan fingerprint density at radius 3 is 2.58 bits per heavy atom. The van der Waals surface area contributed by atoms with Crippen LogP contribution in [0.15, 0.2) is 11.8 Å². The number of aliphatic carboxylic acids is 1. The van der Waals surface area contributed by atoms with E-state index >= 15 is 0 Å². The Balaban J connectivity index is 3.57. The molecular formula is C9H17NO2. The van der Waals surface area contributed by atoms with Crippen LogP contribution in [-0.4, -0.2) is 11.1 Å². The second kappa shape index (κ2) is 5.63. The molecule has 0 aliphatic rings. The van der Waals surface area contributed by atoms with Gasteiger partial charge in [0, 0.05) is 11.8 Å². The predicted octanol–water partition coefficient (Wildman–Crippen LogP) is 1.74. The zero-order valence-corrected chi connectivity index (χ0v) is 7.71. The number of hydrogen-bond acceptors (Lipinski definition) is 2. The first-order valence-electron chi connectivity index (χ1n) is 4.21. The number of carbonyl (C=O) groups is 1. The van der Waals surface area contributed by atoms with E-state index in [1.54, 1.807) is 0 Å². The molecule has 0 aliphatic heterocycles. The Kier molecular flexibility index (Phi) is 5.17. The van der Waals surface area contributed by atoms with Crippen molar-refractivity contribution in [1.29, 1.82) is 0 Å². The van der Waals surface area contributed by atoms with Crippen LogP contribution in [0.2, 0.25) is 0 Å². The molecule has 0 saturated carbocycles. The van der Waals surface area contributed by atoms with Gasteiger partial charge in [0.25, 0.3) is 0 Å². The predicted molar refractivity (Wildman–Crippen MR) is 48.6 cm³/mol. The molecule has 0 fully saturated rings. The van der Waals surface area contributed by atoms with Crippen LogP contribution in [0.3, 0.4) is 0 Å². The highest BCUT2D eigenvalue weighted by Crippen LogP contribution is 2.08. The SMILES string of the molecule is CC(C)CCC/C(N)=C\C(=O)O. The molecule has 3 heteroatoms. The minimum Gasteiger partial charge on any atom is -0.478 e. The van der Waals surface area contributed by atoms with E-state index < -0.39 is 5.97 Å². The molecule has 0 unspecified atom stereocenters. The monoisotopic (exact) mass is 171 g/mol. The minimum atomic E-state index is -0.961. The van der Waals surface area contributed by atoms with Gasteiger partial charge in [0.15, 0.2) is 0 Å². The Morgan fingerprint density at radius 1 is 1.58 bits per heavy atom. The summed E-state index contributed by atoms with van der Waals surface area (Å²) in [7, 11) is 0. The zero-order valence-electron chi connectivity index (χ0n) is 7.71. The Hall–Kier alpha value is -0.990. The van der Waals surface area contributed by atoms with E-state index in [1.807, 2.05) is 0 Å². The fourth-order valence-corrected chi connectivity index (χ4v) is 0.945. The molecule has 0 heterocycles. The molecule has 0 aromatic heterocycles. The van der Waals surface area contributed by atoms with E-state index in [0.29, 0.717) is 18.0 Å². The van der Waals surface area contributed by atoms with Crippen molar-refractivity contribution < 1.29 is 9.90 Å². The number of hydrogen-bond donors (Lipinski definition) is 2. The highest BCUT2D eigenvalue weighted by atomic mass is 16.4. The summed E-state index contributed by atoms with van der Waals surface area (Å²) in [5.74, 6) is -0.306. The van der Waals surface area contributed by atoms with Gasteiger partial charge in [-0.3, -0.25) is 0 Å². The van der Waals surface area contributed by atoms with Crippen molar-refractivity contribution in [3.05, 3.63) is 11.8 Å². The van der Waals surface area contributed by atoms with Crippen molar-refractivity contribution in [3.8, 4) is 0 Å². The number of nitrogens with two attached hydrogens (primary N) is 1. The normalized spacial score (nSPS) is 12.1. The number of allylic oxidation sites excluding steroid dienone is 1. The van der Waals surface area contributed by atoms with Crippen molar-refractivity contribution in [1.82, 2.24) is 0 Å². The summed E-state index contributed by atoms with van der Waals surface area (Å²) in [6, 6.07) is 0. The summed E-state index contributed by atoms with van der Waals surface area (Å²) in [5.41, 5.74) is 5.90. The summed E-state index contributed by atoms with van der Waals surface area (Å²) < 4.78 is 0. The van der Waals surface area contributed by atoms with Crippen LogP contribution >= 0.6 is 0 Å². The molecule has 3 N–H and O–H groups in total. The van der Waals surface area contributed by atoms with Gasteiger partial charge in [-0.2, -0.15) is 0 Å². The van der Waals surface area contributed by atoms with Gasteiger partial charge in [0.2, 0.25) is 0 Å². The summed E-state index contributed by atoms with van der Waals surface area (Å²) in [5, 5.41) is 8.34. The summed E-state index contributed by atoms with van der Waals surface area (Å²) in [4.78, 5) is 10.2. The first-order valence-corrected chi connectivity index (χ1v) is 4.21. The largest absolute Gasteiger partial charge is 0.478 e. The van der Waals surface area contributed by atoms with E-state index in [-0.39, 0.29) is 0 Å². The smallest absolute Gasteiger partial charge is 0.330 e. The number of carboxylic acids is 1. The van der Waals surface area contributed by atoms with Crippen molar-refractivity contribution in [2.45, 2.75) is 33.1 Å². The lowest BCUT2D eigenvalue weighted by Gasteiger charge is -2.03. The Morgan fingerprint density at radius 2 is 2.17 bits per heavy atom. The van der Waals surface area contributed by atoms with Gasteiger partial charge in [-0.15, -0.1) is 0 Å². The van der Waals surface area contributed by atoms with E-state index in [9.17, 15) is 4.79 Å². The molecule has 70 valence electrons. The molecule has 0 amide bonds. The zero-order chi connectivity index (χ0) is 9.56. The van der Waals surface area contributed by atoms with Crippen LogP contribution < -0.4 is 5.73 Å². The maximum atomic E-state index is 10.2. The molecule has 0 aromatic carbocycles. The molecule has 0 bridgehead atoms. The number of carboxylic acid groups (broad SMARTS) is 1. The van der Waals surface area contributed by atoms with Crippen LogP contribution in [0.1, 0.15) is 33.1 Å². The van der Waals surface area contributed by atoms with E-state index in [2.05, 4.69) is 13.8 Å². The van der Waals surface area contributed by atoms with Gasteiger partial charge >= 0.3 is 5.97 Å². The molecule has 12 heavy (non-hydrogen) atoms. The lowest BCUT2D eigenvalue weighted by Crippen LogP contribution is -2.02. The molecule has 0 spiro atoms. The van der Waals surface area contributed by atoms with Crippen molar-refractivity contribution in [2.24, 2.45) is 11.7 Å². The molecule has 0 rings (SSSR count). The first-order chi connectivity index (χ1) is 5.52. The quantitative estimate of drug-likeness (QED) is 0.619. The van der Waals surface area contributed by atoms with Crippen molar-refractivity contribution in [3.63, 3.8) is 0 Å². The van der Waals surface area contributed by atoms with Gasteiger partial charge in [-0.1, -0.05) is 20.3 Å². The molecule has 0 atom stereocenters. The minimum absolute atomic E-state index is 0.461. The average Bonchev–Trinajstić information content (AvgIpc) is 1.84. The van der Waals surface area contributed by atoms with Gasteiger partial charge in [0.05, 0.1) is 0 Å². The van der Waals surface area contributed by atoms with E-state index in [4.69, 9.17) is 10.8 Å². The van der Waals surface area contributed by atoms with Gasteiger partial charge in [0.1, 0.15) is 0 Å². The molecular weight excluding hydrogens is 154 g/mol. The summed E-state index contributed by atoms with van der Waals surface area (Å²) >= 11 is 0. The molecule has 0 aromatic rings. The van der Waals surface area contributed by atoms with Crippen LogP contribution in [-0.2, 0) is 4.79 Å². The molecule has 0 radical (unpaired) electrons. The molecule has 0 saturated heterocycles. The van der Waals surface area contributed by atoms with Gasteiger partial charge < -0.3 is 10.8 Å². The van der Waals surface area contributed by atoms with Crippen molar-refractivity contribution in [2.75, 3.05) is 0 Å². The Bertz CT molecular complexity index is 173. The standard InChI is InChI=1S/C9H17NO2/c1-7(2)4-3-5-8(10)6-9(11)12/h6-7H,3-5,10H2,1-2H3,(H,11,12)/b8-6+. The topological polar surface area (TPSA) is 63.3 Å². The highest BCUT2D eigenvalue weighted by Gasteiger charge is 1.97. The maximum absolute atomic E-state index is 10.2. The van der Waals surface area contributed by atoms with Crippen molar-refractivity contribution >= 4 is 5.97 Å². The first kappa shape index (κ1) is 11.0. The highest BCUT2D eigenvalue weighted by molar-refractivity contribution is 5.80. The van der Waals surface area contributed by atoms with Crippen LogP contribution in [0.4, 0.5) is 0 Å². The van der Waals surface area contributed by atoms with Crippen LogP contribution in [0.5, 0.6) is 0 Å². The summed E-state index contributed by atoms with van der Waals surface area (Å²) in [6.07, 6.45) is 3.81. The van der Waals surface area contributed by atoms with Gasteiger partial charge in [-0.05, 0) is 18.8 Å². The fourth-order valence-electron chi connectivity index (χ4n) is 0.945. The lowest BCUT2D eigenvalue weighted by atomic mass is 10.1. The van der Waals surface area contributed by atoms with E-state index in [0.717, 1.165) is 18.9 Å². The van der Waals surface area contributed by atoms with E-state index in [1.165, 1.54) is 0 Å². The summed E-state index contributed by atoms with van der Waals surface area (Å²) in [6.45, 7) is 4.27. The Labute approximate surface area is 73.3 Å². The average molecular weight is 171 g/mol. The third-order valence-corrected chi connectivity index (χ3v) is 1.56. The fraction of sp³-hybridized carbons (Fsp3) is 0.667. The van der Waals surface area contributed by atoms with Crippen LogP contribution in [0, 0.1) is 5.92 Å². The maximum Gasteiger partial charge on any atom is 0.330 e. The molecule has 3 nitrogen and oxygen atoms in total. The number of rotatable bonds is 5. The second-order valence-corrected chi connectivity index (χ2v) is 3.34. The lowest BCUT2D eigenvalue weighted by molar-refractivity contribution is -0.131. The van der Waals surface area contributed by atoms with Gasteiger partial charge in [-0.25, -0.2) is 4.79 Å². The molecule has 0 aliphatic carbocycles. The third-order valence-electron chi connectivity index (χ3n) is 1.56.